The Morgan fingerprint density at radius 1 is 1.75 bits per heavy atom. The average molecular weight is 170 g/mol. The molecular weight excluding hydrogens is 160 g/mol. The highest BCUT2D eigenvalue weighted by molar-refractivity contribution is 5.65. The molecule has 0 spiro atoms. The summed E-state index contributed by atoms with van der Waals surface area (Å²) in [7, 11) is 0. The van der Waals surface area contributed by atoms with Crippen LogP contribution in [0.4, 0.5) is 4.79 Å². The normalized spacial score (nSPS) is 28.2. The molecule has 1 rings (SSSR count). The van der Waals surface area contributed by atoms with Gasteiger partial charge in [-0.2, -0.15) is 0 Å². The Labute approximate surface area is 69.4 Å². The maximum atomic E-state index is 10.5. The van der Waals surface area contributed by atoms with Gasteiger partial charge in [-0.05, 0) is 11.4 Å². The van der Waals surface area contributed by atoms with Gasteiger partial charge in [0, 0.05) is 18.0 Å². The van der Waals surface area contributed by atoms with Gasteiger partial charge >= 0.3 is 6.09 Å². The number of rotatable bonds is 1. The van der Waals surface area contributed by atoms with Crippen LogP contribution < -0.4 is 0 Å². The third-order valence-electron chi connectivity index (χ3n) is 2.04. The summed E-state index contributed by atoms with van der Waals surface area (Å²) in [5, 5.41) is 12.1. The average Bonchev–Trinajstić information content (AvgIpc) is 2.34. The topological polar surface area (TPSA) is 89.3 Å². The molecular formula is C6H10N4O2. The van der Waals surface area contributed by atoms with Crippen molar-refractivity contribution in [1.82, 2.24) is 4.90 Å². The Morgan fingerprint density at radius 3 is 2.83 bits per heavy atom. The first-order valence-corrected chi connectivity index (χ1v) is 3.67. The summed E-state index contributed by atoms with van der Waals surface area (Å²) in [6, 6.07) is -0.203. The minimum atomic E-state index is -0.947. The van der Waals surface area contributed by atoms with Crippen molar-refractivity contribution in [1.29, 1.82) is 0 Å². The SMILES string of the molecule is CC1CN(C(=O)O)CC1N=[N+]=[N-]. The third kappa shape index (κ3) is 1.60. The van der Waals surface area contributed by atoms with E-state index in [0.29, 0.717) is 13.1 Å². The third-order valence-corrected chi connectivity index (χ3v) is 2.04. The number of carboxylic acid groups (broad SMARTS) is 1. The lowest BCUT2D eigenvalue weighted by Gasteiger charge is -2.09. The van der Waals surface area contributed by atoms with Crippen LogP contribution in [-0.2, 0) is 0 Å². The summed E-state index contributed by atoms with van der Waals surface area (Å²) < 4.78 is 0. The molecule has 0 radical (unpaired) electrons. The summed E-state index contributed by atoms with van der Waals surface area (Å²) in [5.41, 5.74) is 8.16. The van der Waals surface area contributed by atoms with Crippen LogP contribution >= 0.6 is 0 Å². The van der Waals surface area contributed by atoms with E-state index in [0.717, 1.165) is 0 Å². The van der Waals surface area contributed by atoms with Gasteiger partial charge in [0.25, 0.3) is 0 Å². The fourth-order valence-corrected chi connectivity index (χ4v) is 1.32. The number of hydrogen-bond donors (Lipinski definition) is 1. The Kier molecular flexibility index (Phi) is 2.40. The van der Waals surface area contributed by atoms with Crippen molar-refractivity contribution < 1.29 is 9.90 Å². The lowest BCUT2D eigenvalue weighted by molar-refractivity contribution is 0.154. The van der Waals surface area contributed by atoms with E-state index in [1.54, 1.807) is 0 Å². The fourth-order valence-electron chi connectivity index (χ4n) is 1.32. The highest BCUT2D eigenvalue weighted by Crippen LogP contribution is 2.19. The van der Waals surface area contributed by atoms with Gasteiger partial charge in [-0.25, -0.2) is 4.79 Å². The summed E-state index contributed by atoms with van der Waals surface area (Å²) in [6.45, 7) is 2.65. The molecule has 1 N–H and O–H groups in total. The molecule has 1 aliphatic heterocycles. The molecule has 0 aromatic carbocycles. The first-order chi connectivity index (χ1) is 5.65. The monoisotopic (exact) mass is 170 g/mol. The molecule has 6 heteroatoms. The fraction of sp³-hybridized carbons (Fsp3) is 0.833. The molecule has 66 valence electrons. The van der Waals surface area contributed by atoms with Gasteiger partial charge < -0.3 is 10.0 Å². The van der Waals surface area contributed by atoms with E-state index >= 15 is 0 Å². The summed E-state index contributed by atoms with van der Waals surface area (Å²) in [5.74, 6) is 0.122. The van der Waals surface area contributed by atoms with E-state index in [1.165, 1.54) is 4.90 Å². The Balaban J connectivity index is 2.61. The largest absolute Gasteiger partial charge is 0.465 e. The second-order valence-corrected chi connectivity index (χ2v) is 2.94. The zero-order chi connectivity index (χ0) is 9.14. The van der Waals surface area contributed by atoms with Gasteiger partial charge in [0.05, 0.1) is 6.04 Å². The number of azide groups is 1. The number of hydrogen-bond acceptors (Lipinski definition) is 2. The molecule has 1 fully saturated rings. The van der Waals surface area contributed by atoms with Gasteiger partial charge in [-0.3, -0.25) is 0 Å². The van der Waals surface area contributed by atoms with Crippen LogP contribution in [0.3, 0.4) is 0 Å². The van der Waals surface area contributed by atoms with E-state index < -0.39 is 6.09 Å². The maximum Gasteiger partial charge on any atom is 0.407 e. The van der Waals surface area contributed by atoms with E-state index in [-0.39, 0.29) is 12.0 Å². The number of carbonyl (C=O) groups is 1. The van der Waals surface area contributed by atoms with E-state index in [2.05, 4.69) is 10.0 Å². The molecule has 0 bridgehead atoms. The van der Waals surface area contributed by atoms with Crippen molar-refractivity contribution in [3.05, 3.63) is 10.4 Å². The van der Waals surface area contributed by atoms with Crippen LogP contribution in [0.25, 0.3) is 10.4 Å². The standard InChI is InChI=1S/C6H10N4O2/c1-4-2-10(6(11)12)3-5(4)8-9-7/h4-5H,2-3H2,1H3,(H,11,12). The van der Waals surface area contributed by atoms with Crippen molar-refractivity contribution in [2.75, 3.05) is 13.1 Å². The van der Waals surface area contributed by atoms with Crippen molar-refractivity contribution in [3.8, 4) is 0 Å². The second-order valence-electron chi connectivity index (χ2n) is 2.94. The van der Waals surface area contributed by atoms with Gasteiger partial charge in [-0.15, -0.1) is 0 Å². The van der Waals surface area contributed by atoms with Crippen LogP contribution in [-0.4, -0.2) is 35.2 Å². The van der Waals surface area contributed by atoms with Crippen LogP contribution in [0.1, 0.15) is 6.92 Å². The second kappa shape index (κ2) is 3.32. The van der Waals surface area contributed by atoms with E-state index in [1.807, 2.05) is 6.92 Å². The zero-order valence-corrected chi connectivity index (χ0v) is 6.71. The summed E-state index contributed by atoms with van der Waals surface area (Å²) in [4.78, 5) is 14.4. The Morgan fingerprint density at radius 2 is 2.42 bits per heavy atom. The highest BCUT2D eigenvalue weighted by Gasteiger charge is 2.31. The van der Waals surface area contributed by atoms with Crippen LogP contribution in [0.2, 0.25) is 0 Å². The molecule has 2 atom stereocenters. The molecule has 1 aliphatic rings. The van der Waals surface area contributed by atoms with Gasteiger partial charge in [0.15, 0.2) is 0 Å². The van der Waals surface area contributed by atoms with Crippen LogP contribution in [0, 0.1) is 5.92 Å². The number of likely N-dealkylation sites (tertiary alicyclic amines) is 1. The zero-order valence-electron chi connectivity index (χ0n) is 6.71. The van der Waals surface area contributed by atoms with Crippen molar-refractivity contribution in [3.63, 3.8) is 0 Å². The van der Waals surface area contributed by atoms with Crippen molar-refractivity contribution in [2.24, 2.45) is 11.0 Å². The molecule has 0 aromatic heterocycles. The predicted octanol–water partition coefficient (Wildman–Crippen LogP) is 1.29. The van der Waals surface area contributed by atoms with Crippen LogP contribution in [0.15, 0.2) is 5.11 Å². The van der Waals surface area contributed by atoms with Crippen LogP contribution in [0.5, 0.6) is 0 Å². The molecule has 2 unspecified atom stereocenters. The van der Waals surface area contributed by atoms with E-state index in [9.17, 15) is 4.79 Å². The molecule has 1 amide bonds. The minimum Gasteiger partial charge on any atom is -0.465 e. The highest BCUT2D eigenvalue weighted by atomic mass is 16.4. The molecule has 0 aliphatic carbocycles. The Hall–Kier alpha value is -1.42. The lowest BCUT2D eigenvalue weighted by atomic mass is 10.1. The molecule has 12 heavy (non-hydrogen) atoms. The maximum absolute atomic E-state index is 10.5. The quantitative estimate of drug-likeness (QED) is 0.365. The predicted molar refractivity (Wildman–Crippen MR) is 41.7 cm³/mol. The van der Waals surface area contributed by atoms with E-state index in [4.69, 9.17) is 10.6 Å². The molecule has 0 saturated carbocycles. The molecule has 6 nitrogen and oxygen atoms in total. The first-order valence-electron chi connectivity index (χ1n) is 3.67. The lowest BCUT2D eigenvalue weighted by Crippen LogP contribution is -2.27. The van der Waals surface area contributed by atoms with Crippen molar-refractivity contribution >= 4 is 6.09 Å². The molecule has 0 aromatic rings. The van der Waals surface area contributed by atoms with Gasteiger partial charge in [0.2, 0.25) is 0 Å². The Bertz CT molecular complexity index is 236. The smallest absolute Gasteiger partial charge is 0.407 e. The molecule has 1 saturated heterocycles. The molecule has 1 heterocycles. The first kappa shape index (κ1) is 8.67. The number of nitrogens with zero attached hydrogens (tertiary/aromatic N) is 4. The minimum absolute atomic E-state index is 0.122. The van der Waals surface area contributed by atoms with Gasteiger partial charge in [0.1, 0.15) is 0 Å². The summed E-state index contributed by atoms with van der Waals surface area (Å²) >= 11 is 0. The number of amides is 1. The summed E-state index contributed by atoms with van der Waals surface area (Å²) in [6.07, 6.45) is -0.947. The van der Waals surface area contributed by atoms with Crippen molar-refractivity contribution in [2.45, 2.75) is 13.0 Å². The van der Waals surface area contributed by atoms with Gasteiger partial charge in [-0.1, -0.05) is 12.0 Å².